The van der Waals surface area contributed by atoms with E-state index in [2.05, 4.69) is 24.4 Å². The van der Waals surface area contributed by atoms with Crippen molar-refractivity contribution >= 4 is 45.6 Å². The van der Waals surface area contributed by atoms with Crippen molar-refractivity contribution in [3.05, 3.63) is 12.2 Å². The summed E-state index contributed by atoms with van der Waals surface area (Å²) in [4.78, 5) is 13.6. The summed E-state index contributed by atoms with van der Waals surface area (Å²) in [6.45, 7) is 3.05. The zero-order valence-corrected chi connectivity index (χ0v) is 25.1. The molecular formula is C25H50N2NaO6S. The molecule has 0 aromatic carbocycles. The number of aliphatic hydroxyl groups excluding tert-OH is 2. The van der Waals surface area contributed by atoms with Gasteiger partial charge in [-0.25, -0.2) is 0 Å². The van der Waals surface area contributed by atoms with Gasteiger partial charge in [-0.05, 0) is 32.1 Å². The van der Waals surface area contributed by atoms with Crippen LogP contribution in [0.2, 0.25) is 0 Å². The van der Waals surface area contributed by atoms with Gasteiger partial charge in [0.2, 0.25) is 5.91 Å². The van der Waals surface area contributed by atoms with Crippen molar-refractivity contribution in [3.63, 3.8) is 0 Å². The predicted octanol–water partition coefficient (Wildman–Crippen LogP) is 3.30. The van der Waals surface area contributed by atoms with E-state index in [0.717, 1.165) is 25.7 Å². The molecule has 0 rings (SSSR count). The van der Waals surface area contributed by atoms with E-state index in [0.29, 0.717) is 19.5 Å². The number of allylic oxidation sites excluding steroid dienone is 2. The van der Waals surface area contributed by atoms with Crippen molar-refractivity contribution in [1.29, 1.82) is 0 Å². The molecule has 203 valence electrons. The minimum absolute atomic E-state index is 0. The second kappa shape index (κ2) is 25.6. The minimum atomic E-state index is -4.26. The smallest absolute Gasteiger partial charge is 0.267 e. The standard InChI is InChI=1S/C25H50N2O6S.Na/c1-2-3-4-5-6-7-8-9-10-11-12-13-14-15-16-17-25(30)26-18-19-27(20-21-28)22-24(29)23-34(31,32)33;/h9-10,24,28-29H,2-8,11-23H2,1H3,(H,26,30)(H,31,32,33);. The van der Waals surface area contributed by atoms with E-state index >= 15 is 0 Å². The third kappa shape index (κ3) is 28.4. The second-order valence-corrected chi connectivity index (χ2v) is 10.6. The first-order valence-corrected chi connectivity index (χ1v) is 14.8. The number of amides is 1. The summed E-state index contributed by atoms with van der Waals surface area (Å²) >= 11 is 0. The van der Waals surface area contributed by atoms with Crippen molar-refractivity contribution in [1.82, 2.24) is 10.2 Å². The van der Waals surface area contributed by atoms with Crippen LogP contribution < -0.4 is 5.32 Å². The van der Waals surface area contributed by atoms with Gasteiger partial charge in [-0.3, -0.25) is 14.2 Å². The van der Waals surface area contributed by atoms with Crippen LogP contribution >= 0.6 is 0 Å². The monoisotopic (exact) mass is 529 g/mol. The van der Waals surface area contributed by atoms with Gasteiger partial charge in [-0.1, -0.05) is 70.4 Å². The van der Waals surface area contributed by atoms with Crippen molar-refractivity contribution in [2.24, 2.45) is 0 Å². The summed E-state index contributed by atoms with van der Waals surface area (Å²) in [7, 11) is -4.26. The first-order chi connectivity index (χ1) is 16.3. The fourth-order valence-electron chi connectivity index (χ4n) is 3.83. The Morgan fingerprint density at radius 3 is 2.00 bits per heavy atom. The van der Waals surface area contributed by atoms with Gasteiger partial charge >= 0.3 is 0 Å². The van der Waals surface area contributed by atoms with Gasteiger partial charge < -0.3 is 15.5 Å². The molecular weight excluding hydrogens is 479 g/mol. The molecule has 0 aliphatic carbocycles. The van der Waals surface area contributed by atoms with Crippen LogP contribution in [0, 0.1) is 0 Å². The van der Waals surface area contributed by atoms with Crippen molar-refractivity contribution in [3.8, 4) is 0 Å². The van der Waals surface area contributed by atoms with Gasteiger partial charge in [0.15, 0.2) is 0 Å². The van der Waals surface area contributed by atoms with Gasteiger partial charge in [-0.2, -0.15) is 8.42 Å². The first kappa shape index (κ1) is 37.2. The molecule has 35 heavy (non-hydrogen) atoms. The van der Waals surface area contributed by atoms with Crippen molar-refractivity contribution < 1.29 is 28.0 Å². The van der Waals surface area contributed by atoms with Gasteiger partial charge in [0.1, 0.15) is 5.75 Å². The molecule has 0 bridgehead atoms. The largest absolute Gasteiger partial charge is 0.395 e. The number of carbonyl (C=O) groups is 1. The Bertz CT molecular complexity index is 619. The molecule has 4 N–H and O–H groups in total. The molecule has 1 atom stereocenters. The SMILES string of the molecule is CCCCCCCCC=CCCCCCCCC(=O)NCCN(CCO)CC(O)CS(=O)(=O)O.[Na]. The quantitative estimate of drug-likeness (QED) is 0.0654. The van der Waals surface area contributed by atoms with Crippen LogP contribution in [-0.4, -0.2) is 108 Å². The Balaban J connectivity index is 0. The average Bonchev–Trinajstić information content (AvgIpc) is 2.75. The number of rotatable bonds is 24. The molecule has 1 amide bonds. The minimum Gasteiger partial charge on any atom is -0.395 e. The molecule has 1 radical (unpaired) electrons. The van der Waals surface area contributed by atoms with E-state index in [4.69, 9.17) is 9.66 Å². The molecule has 0 aliphatic rings. The summed E-state index contributed by atoms with van der Waals surface area (Å²) in [6, 6.07) is 0. The van der Waals surface area contributed by atoms with Gasteiger partial charge in [0.05, 0.1) is 12.7 Å². The molecule has 1 unspecified atom stereocenters. The van der Waals surface area contributed by atoms with Crippen LogP contribution in [0.5, 0.6) is 0 Å². The molecule has 10 heteroatoms. The predicted molar refractivity (Wildman–Crippen MR) is 144 cm³/mol. The van der Waals surface area contributed by atoms with Crippen molar-refractivity contribution in [2.45, 2.75) is 103 Å². The number of nitrogens with zero attached hydrogens (tertiary/aromatic N) is 1. The molecule has 0 aliphatic heterocycles. The Morgan fingerprint density at radius 1 is 0.914 bits per heavy atom. The van der Waals surface area contributed by atoms with E-state index in [9.17, 15) is 18.3 Å². The normalized spacial score (nSPS) is 12.7. The molecule has 0 saturated carbocycles. The summed E-state index contributed by atoms with van der Waals surface area (Å²) in [5.74, 6) is -0.781. The van der Waals surface area contributed by atoms with Gasteiger partial charge in [0.25, 0.3) is 10.1 Å². The number of carbonyl (C=O) groups excluding carboxylic acids is 1. The maximum atomic E-state index is 12.0. The number of hydrogen-bond acceptors (Lipinski definition) is 6. The van der Waals surface area contributed by atoms with Crippen molar-refractivity contribution in [2.75, 3.05) is 38.5 Å². The van der Waals surface area contributed by atoms with Gasteiger partial charge in [0, 0.05) is 62.2 Å². The molecule has 0 spiro atoms. The molecule has 0 aromatic heterocycles. The third-order valence-corrected chi connectivity index (χ3v) is 6.51. The Hall–Kier alpha value is -0.000000000000000222. The first-order valence-electron chi connectivity index (χ1n) is 13.2. The zero-order chi connectivity index (χ0) is 25.5. The number of nitrogens with one attached hydrogen (secondary N) is 1. The second-order valence-electron chi connectivity index (χ2n) is 9.11. The molecule has 0 aromatic rings. The maximum absolute atomic E-state index is 12.0. The summed E-state index contributed by atoms with van der Waals surface area (Å²) in [6.07, 6.45) is 19.6. The summed E-state index contributed by atoms with van der Waals surface area (Å²) in [5.41, 5.74) is 0. The Morgan fingerprint density at radius 2 is 1.46 bits per heavy atom. The fourth-order valence-corrected chi connectivity index (χ4v) is 4.42. The Kier molecular flexibility index (Phi) is 27.2. The molecule has 8 nitrogen and oxygen atoms in total. The summed E-state index contributed by atoms with van der Waals surface area (Å²) in [5, 5.41) is 21.7. The van der Waals surface area contributed by atoms with Crippen LogP contribution in [0.15, 0.2) is 12.2 Å². The molecule has 0 heterocycles. The average molecular weight is 530 g/mol. The van der Waals surface area contributed by atoms with Crippen LogP contribution in [-0.2, 0) is 14.9 Å². The zero-order valence-electron chi connectivity index (χ0n) is 22.3. The van der Waals surface area contributed by atoms with Crippen LogP contribution in [0.1, 0.15) is 96.8 Å². The number of hydrogen-bond donors (Lipinski definition) is 4. The summed E-state index contributed by atoms with van der Waals surface area (Å²) < 4.78 is 30.5. The maximum Gasteiger partial charge on any atom is 0.267 e. The van der Waals surface area contributed by atoms with Crippen LogP contribution in [0.4, 0.5) is 0 Å². The Labute approximate surface area is 236 Å². The van der Waals surface area contributed by atoms with Crippen LogP contribution in [0.25, 0.3) is 0 Å². The van der Waals surface area contributed by atoms with Gasteiger partial charge in [-0.15, -0.1) is 0 Å². The fraction of sp³-hybridized carbons (Fsp3) is 0.880. The number of unbranched alkanes of at least 4 members (excludes halogenated alkanes) is 11. The van der Waals surface area contributed by atoms with E-state index in [-0.39, 0.29) is 55.2 Å². The topological polar surface area (TPSA) is 127 Å². The van der Waals surface area contributed by atoms with E-state index < -0.39 is 22.0 Å². The van der Waals surface area contributed by atoms with E-state index in [1.165, 1.54) is 57.8 Å². The third-order valence-electron chi connectivity index (χ3n) is 5.70. The molecule has 0 fully saturated rings. The number of aliphatic hydroxyl groups is 2. The van der Waals surface area contributed by atoms with E-state index in [1.54, 1.807) is 4.90 Å². The van der Waals surface area contributed by atoms with E-state index in [1.807, 2.05) is 0 Å². The molecule has 0 saturated heterocycles. The van der Waals surface area contributed by atoms with Crippen LogP contribution in [0.3, 0.4) is 0 Å².